The number of nitrogen functional groups attached to an aromatic ring is 1. The summed E-state index contributed by atoms with van der Waals surface area (Å²) in [5, 5.41) is 6.19. The van der Waals surface area contributed by atoms with Crippen molar-refractivity contribution in [1.29, 1.82) is 0 Å². The number of aromatic nitrogens is 3. The van der Waals surface area contributed by atoms with Crippen LogP contribution < -0.4 is 10.5 Å². The second-order valence-electron chi connectivity index (χ2n) is 3.45. The Kier molecular flexibility index (Phi) is 3.64. The van der Waals surface area contributed by atoms with E-state index in [1.54, 1.807) is 0 Å². The summed E-state index contributed by atoms with van der Waals surface area (Å²) in [5.74, 6) is 0.435. The molecule has 96 valence electrons. The lowest BCUT2D eigenvalue weighted by Gasteiger charge is -2.07. The highest BCUT2D eigenvalue weighted by atomic mass is 79.9. The summed E-state index contributed by atoms with van der Waals surface area (Å²) in [6.45, 7) is 0.0408. The summed E-state index contributed by atoms with van der Waals surface area (Å²) in [5.41, 5.74) is 6.04. The normalized spacial score (nSPS) is 11.6. The molecule has 1 heterocycles. The molecular weight excluding hydrogens is 322 g/mol. The number of hydrogen-bond acceptors (Lipinski definition) is 5. The van der Waals surface area contributed by atoms with Crippen molar-refractivity contribution in [1.82, 2.24) is 19.9 Å². The van der Waals surface area contributed by atoms with E-state index in [4.69, 9.17) is 5.73 Å². The number of nitrogens with one attached hydrogen (secondary N) is 2. The van der Waals surface area contributed by atoms with Gasteiger partial charge in [0.1, 0.15) is 12.2 Å². The highest BCUT2D eigenvalue weighted by Crippen LogP contribution is 2.24. The van der Waals surface area contributed by atoms with Crippen molar-refractivity contribution in [2.45, 2.75) is 11.4 Å². The van der Waals surface area contributed by atoms with E-state index in [2.05, 4.69) is 35.8 Å². The molecule has 0 spiro atoms. The van der Waals surface area contributed by atoms with Gasteiger partial charge in [0.15, 0.2) is 0 Å². The lowest BCUT2D eigenvalue weighted by molar-refractivity contribution is 0.579. The lowest BCUT2D eigenvalue weighted by atomic mass is 10.3. The molecular formula is C9H10BrN5O2S. The van der Waals surface area contributed by atoms with Crippen LogP contribution in [0.5, 0.6) is 0 Å². The van der Waals surface area contributed by atoms with Crippen molar-refractivity contribution >= 4 is 31.6 Å². The molecule has 0 amide bonds. The Labute approximate surface area is 112 Å². The standard InChI is InChI=1S/C9H10BrN5O2S/c10-7-3-6(11)1-2-8(7)18(16,17)14-4-9-12-5-13-15-9/h1-3,5,14H,4,11H2,(H,12,13,15). The summed E-state index contributed by atoms with van der Waals surface area (Å²) < 4.78 is 26.8. The predicted molar refractivity (Wildman–Crippen MR) is 69.0 cm³/mol. The van der Waals surface area contributed by atoms with Crippen molar-refractivity contribution < 1.29 is 8.42 Å². The van der Waals surface area contributed by atoms with Gasteiger partial charge in [0.05, 0.1) is 11.4 Å². The fourth-order valence-electron chi connectivity index (χ4n) is 1.29. The first-order chi connectivity index (χ1) is 8.49. The van der Waals surface area contributed by atoms with E-state index in [1.807, 2.05) is 0 Å². The number of anilines is 1. The number of nitrogens with two attached hydrogens (primary N) is 1. The Morgan fingerprint density at radius 2 is 2.22 bits per heavy atom. The van der Waals surface area contributed by atoms with Gasteiger partial charge >= 0.3 is 0 Å². The van der Waals surface area contributed by atoms with E-state index in [0.717, 1.165) is 0 Å². The molecule has 7 nitrogen and oxygen atoms in total. The molecule has 0 saturated heterocycles. The highest BCUT2D eigenvalue weighted by Gasteiger charge is 2.17. The minimum absolute atomic E-state index is 0.0408. The number of halogens is 1. The number of hydrogen-bond donors (Lipinski definition) is 3. The zero-order valence-electron chi connectivity index (χ0n) is 9.09. The van der Waals surface area contributed by atoms with Gasteiger partial charge in [-0.2, -0.15) is 5.10 Å². The molecule has 0 saturated carbocycles. The van der Waals surface area contributed by atoms with E-state index in [1.165, 1.54) is 24.5 Å². The van der Waals surface area contributed by atoms with Gasteiger partial charge in [-0.25, -0.2) is 18.1 Å². The average molecular weight is 332 g/mol. The van der Waals surface area contributed by atoms with E-state index in [-0.39, 0.29) is 11.4 Å². The zero-order valence-corrected chi connectivity index (χ0v) is 11.5. The number of aromatic amines is 1. The van der Waals surface area contributed by atoms with Crippen molar-refractivity contribution in [2.75, 3.05) is 5.73 Å². The maximum Gasteiger partial charge on any atom is 0.242 e. The first-order valence-electron chi connectivity index (χ1n) is 4.88. The fourth-order valence-corrected chi connectivity index (χ4v) is 3.37. The van der Waals surface area contributed by atoms with Crippen LogP contribution in [-0.4, -0.2) is 23.6 Å². The maximum absolute atomic E-state index is 12.0. The number of sulfonamides is 1. The topological polar surface area (TPSA) is 114 Å². The Morgan fingerprint density at radius 1 is 1.44 bits per heavy atom. The first kappa shape index (κ1) is 13.0. The third-order valence-corrected chi connectivity index (χ3v) is 4.52. The SMILES string of the molecule is Nc1ccc(S(=O)(=O)NCc2ncn[nH]2)c(Br)c1. The minimum atomic E-state index is -3.62. The molecule has 0 radical (unpaired) electrons. The van der Waals surface area contributed by atoms with Crippen LogP contribution in [0.3, 0.4) is 0 Å². The molecule has 0 bridgehead atoms. The zero-order chi connectivity index (χ0) is 13.2. The molecule has 9 heteroatoms. The largest absolute Gasteiger partial charge is 0.399 e. The van der Waals surface area contributed by atoms with Crippen molar-refractivity contribution in [3.63, 3.8) is 0 Å². The molecule has 2 rings (SSSR count). The lowest BCUT2D eigenvalue weighted by Crippen LogP contribution is -2.24. The fraction of sp³-hybridized carbons (Fsp3) is 0.111. The van der Waals surface area contributed by atoms with Crippen LogP contribution in [0.25, 0.3) is 0 Å². The van der Waals surface area contributed by atoms with Gasteiger partial charge in [0.25, 0.3) is 0 Å². The molecule has 0 aliphatic rings. The van der Waals surface area contributed by atoms with Crippen molar-refractivity contribution in [3.05, 3.63) is 34.8 Å². The van der Waals surface area contributed by atoms with Gasteiger partial charge in [-0.1, -0.05) is 0 Å². The van der Waals surface area contributed by atoms with Crippen LogP contribution >= 0.6 is 15.9 Å². The summed E-state index contributed by atoms with van der Waals surface area (Å²) in [6.07, 6.45) is 1.31. The second-order valence-corrected chi connectivity index (χ2v) is 6.04. The van der Waals surface area contributed by atoms with Crippen LogP contribution in [0.2, 0.25) is 0 Å². The number of nitrogens with zero attached hydrogens (tertiary/aromatic N) is 2. The first-order valence-corrected chi connectivity index (χ1v) is 7.15. The van der Waals surface area contributed by atoms with Gasteiger partial charge in [0, 0.05) is 10.2 Å². The van der Waals surface area contributed by atoms with Gasteiger partial charge in [0.2, 0.25) is 10.0 Å². The average Bonchev–Trinajstić information content (AvgIpc) is 2.78. The third kappa shape index (κ3) is 2.86. The third-order valence-electron chi connectivity index (χ3n) is 2.14. The molecule has 0 aliphatic carbocycles. The predicted octanol–water partition coefficient (Wildman–Crippen LogP) is 0.628. The summed E-state index contributed by atoms with van der Waals surface area (Å²) in [6, 6.07) is 4.49. The van der Waals surface area contributed by atoms with E-state index in [9.17, 15) is 8.42 Å². The summed E-state index contributed by atoms with van der Waals surface area (Å²) >= 11 is 3.17. The Hall–Kier alpha value is -1.45. The summed E-state index contributed by atoms with van der Waals surface area (Å²) in [7, 11) is -3.62. The molecule has 1 aromatic carbocycles. The molecule has 0 aliphatic heterocycles. The van der Waals surface area contributed by atoms with Crippen LogP contribution in [0.4, 0.5) is 5.69 Å². The molecule has 1 aromatic heterocycles. The van der Waals surface area contributed by atoms with Gasteiger partial charge in [-0.3, -0.25) is 5.10 Å². The van der Waals surface area contributed by atoms with Crippen LogP contribution in [0.1, 0.15) is 5.82 Å². The number of rotatable bonds is 4. The molecule has 0 atom stereocenters. The molecule has 0 unspecified atom stereocenters. The minimum Gasteiger partial charge on any atom is -0.399 e. The van der Waals surface area contributed by atoms with E-state index < -0.39 is 10.0 Å². The van der Waals surface area contributed by atoms with Crippen molar-refractivity contribution in [2.24, 2.45) is 0 Å². The number of H-pyrrole nitrogens is 1. The van der Waals surface area contributed by atoms with E-state index >= 15 is 0 Å². The second kappa shape index (κ2) is 5.04. The maximum atomic E-state index is 12.0. The quantitative estimate of drug-likeness (QED) is 0.711. The van der Waals surface area contributed by atoms with Crippen molar-refractivity contribution in [3.8, 4) is 0 Å². The van der Waals surface area contributed by atoms with Gasteiger partial charge in [-0.05, 0) is 34.1 Å². The van der Waals surface area contributed by atoms with Crippen LogP contribution in [-0.2, 0) is 16.6 Å². The van der Waals surface area contributed by atoms with Crippen LogP contribution in [0.15, 0.2) is 33.9 Å². The van der Waals surface area contributed by atoms with Gasteiger partial charge in [-0.15, -0.1) is 0 Å². The Balaban J connectivity index is 2.20. The molecule has 18 heavy (non-hydrogen) atoms. The van der Waals surface area contributed by atoms with Crippen LogP contribution in [0, 0.1) is 0 Å². The van der Waals surface area contributed by atoms with E-state index in [0.29, 0.717) is 16.0 Å². The van der Waals surface area contributed by atoms with Gasteiger partial charge < -0.3 is 5.73 Å². The number of benzene rings is 1. The molecule has 0 fully saturated rings. The smallest absolute Gasteiger partial charge is 0.242 e. The summed E-state index contributed by atoms with van der Waals surface area (Å²) in [4.78, 5) is 3.95. The Bertz CT molecular complexity index is 641. The monoisotopic (exact) mass is 331 g/mol. The highest BCUT2D eigenvalue weighted by molar-refractivity contribution is 9.10. The Morgan fingerprint density at radius 3 is 2.83 bits per heavy atom. The molecule has 4 N–H and O–H groups in total. The molecule has 2 aromatic rings.